The molecule has 0 fully saturated rings. The minimum absolute atomic E-state index is 0.00817. The standard InChI is InChI=1S/C43H25BN2OS/c1-43(2)30-17-6-3-12-24(30)34-26-15-9-14-23-28-21-29-22-11-4-7-19-32(22)47-40(29)39-36(28)44(46(37(23)26)41(34)43)31-18-10-16-27-35-25-13-5-8-20-33(25)48-42(35)45(39)38(27)31/h3-21H,1-2H3. The summed E-state index contributed by atoms with van der Waals surface area (Å²) in [4.78, 5) is 1.29. The van der Waals surface area contributed by atoms with Crippen LogP contribution in [0.25, 0.3) is 92.0 Å². The molecule has 6 heterocycles. The van der Waals surface area contributed by atoms with E-state index in [1.807, 2.05) is 11.3 Å². The number of para-hydroxylation sites is 3. The maximum Gasteiger partial charge on any atom is 0.333 e. The van der Waals surface area contributed by atoms with Crippen LogP contribution in [-0.4, -0.2) is 15.9 Å². The van der Waals surface area contributed by atoms with Crippen LogP contribution in [0.2, 0.25) is 0 Å². The topological polar surface area (TPSA) is 23.0 Å². The van der Waals surface area contributed by atoms with Crippen LogP contribution in [0.5, 0.6) is 0 Å². The Morgan fingerprint density at radius 3 is 2.35 bits per heavy atom. The van der Waals surface area contributed by atoms with E-state index in [-0.39, 0.29) is 12.3 Å². The van der Waals surface area contributed by atoms with Crippen molar-refractivity contribution in [3.8, 4) is 27.9 Å². The van der Waals surface area contributed by atoms with Gasteiger partial charge in [-0.2, -0.15) is 0 Å². The fourth-order valence-corrected chi connectivity index (χ4v) is 11.3. The van der Waals surface area contributed by atoms with Gasteiger partial charge in [0.25, 0.3) is 0 Å². The number of benzene rings is 6. The third-order valence-corrected chi connectivity index (χ3v) is 13.0. The molecule has 0 amide bonds. The van der Waals surface area contributed by atoms with Gasteiger partial charge in [0.15, 0.2) is 5.58 Å². The van der Waals surface area contributed by atoms with Crippen LogP contribution in [0.1, 0.15) is 25.1 Å². The third kappa shape index (κ3) is 2.48. The third-order valence-electron chi connectivity index (χ3n) is 11.8. The van der Waals surface area contributed by atoms with Gasteiger partial charge in [0.1, 0.15) is 10.4 Å². The van der Waals surface area contributed by atoms with E-state index in [0.29, 0.717) is 0 Å². The summed E-state index contributed by atoms with van der Waals surface area (Å²) in [6.07, 6.45) is 0. The van der Waals surface area contributed by atoms with E-state index in [4.69, 9.17) is 4.42 Å². The predicted octanol–water partition coefficient (Wildman–Crippen LogP) is 10.1. The van der Waals surface area contributed by atoms with Crippen LogP contribution in [0.15, 0.2) is 120 Å². The average molecular weight is 629 g/mol. The first-order valence-corrected chi connectivity index (χ1v) is 17.6. The molecule has 10 aromatic rings. The highest BCUT2D eigenvalue weighted by Crippen LogP contribution is 2.56. The van der Waals surface area contributed by atoms with Crippen molar-refractivity contribution in [2.45, 2.75) is 19.3 Å². The fourth-order valence-electron chi connectivity index (χ4n) is 10.1. The van der Waals surface area contributed by atoms with Crippen molar-refractivity contribution in [1.29, 1.82) is 0 Å². The zero-order valence-electron chi connectivity index (χ0n) is 26.3. The summed E-state index contributed by atoms with van der Waals surface area (Å²) in [6, 6.07) is 43.0. The largest absolute Gasteiger partial charge is 0.454 e. The number of thiophene rings is 1. The fraction of sp³-hybridized carbons (Fsp3) is 0.0698. The van der Waals surface area contributed by atoms with Crippen molar-refractivity contribution in [1.82, 2.24) is 9.05 Å². The SMILES string of the molecule is CC1(C)c2ccccc2-c2c1n1c3c(cccc23)-c2cc3c(oc4ccccc43)c3c2B1c1cccc2c4c5ccccc5sc4n-3c12. The molecule has 13 rings (SSSR count). The monoisotopic (exact) mass is 628 g/mol. The van der Waals surface area contributed by atoms with E-state index < -0.39 is 0 Å². The molecule has 0 bridgehead atoms. The molecule has 5 heteroatoms. The number of nitrogens with zero attached hydrogens (tertiary/aromatic N) is 2. The van der Waals surface area contributed by atoms with Crippen molar-refractivity contribution in [2.24, 2.45) is 0 Å². The van der Waals surface area contributed by atoms with E-state index in [2.05, 4.69) is 138 Å². The second-order valence-corrected chi connectivity index (χ2v) is 15.4. The maximum atomic E-state index is 6.96. The highest BCUT2D eigenvalue weighted by atomic mass is 32.1. The Labute approximate surface area is 279 Å². The molecule has 3 aliphatic rings. The molecule has 0 spiro atoms. The van der Waals surface area contributed by atoms with Crippen molar-refractivity contribution in [3.05, 3.63) is 127 Å². The molecule has 0 saturated heterocycles. The molecule has 4 aromatic heterocycles. The summed E-state index contributed by atoms with van der Waals surface area (Å²) < 4.78 is 13.6. The Morgan fingerprint density at radius 2 is 1.42 bits per heavy atom. The van der Waals surface area contributed by atoms with E-state index in [0.717, 1.165) is 11.2 Å². The zero-order chi connectivity index (χ0) is 31.2. The van der Waals surface area contributed by atoms with E-state index in [1.165, 1.54) is 103 Å². The van der Waals surface area contributed by atoms with Gasteiger partial charge in [0.05, 0.1) is 11.2 Å². The molecule has 48 heavy (non-hydrogen) atoms. The van der Waals surface area contributed by atoms with Crippen LogP contribution >= 0.6 is 11.3 Å². The first kappa shape index (κ1) is 24.6. The first-order valence-electron chi connectivity index (χ1n) is 16.8. The lowest BCUT2D eigenvalue weighted by Crippen LogP contribution is -2.56. The zero-order valence-corrected chi connectivity index (χ0v) is 27.1. The van der Waals surface area contributed by atoms with E-state index in [1.54, 1.807) is 0 Å². The minimum atomic E-state index is -0.159. The summed E-state index contributed by atoms with van der Waals surface area (Å²) in [5.41, 5.74) is 16.6. The highest BCUT2D eigenvalue weighted by Gasteiger charge is 2.48. The lowest BCUT2D eigenvalue weighted by molar-refractivity contribution is 0.632. The smallest absolute Gasteiger partial charge is 0.333 e. The quantitative estimate of drug-likeness (QED) is 0.153. The predicted molar refractivity (Wildman–Crippen MR) is 202 cm³/mol. The Bertz CT molecular complexity index is 3170. The van der Waals surface area contributed by atoms with Gasteiger partial charge in [-0.25, -0.2) is 0 Å². The van der Waals surface area contributed by atoms with Gasteiger partial charge in [0.2, 0.25) is 0 Å². The average Bonchev–Trinajstić information content (AvgIpc) is 3.90. The molecule has 3 nitrogen and oxygen atoms in total. The van der Waals surface area contributed by atoms with Gasteiger partial charge in [0, 0.05) is 64.8 Å². The Kier molecular flexibility index (Phi) is 3.99. The number of hydrogen-bond donors (Lipinski definition) is 0. The molecule has 0 N–H and O–H groups in total. The summed E-state index contributed by atoms with van der Waals surface area (Å²) in [5, 5.41) is 7.70. The Balaban J connectivity index is 1.32. The molecule has 222 valence electrons. The number of hydrogen-bond acceptors (Lipinski definition) is 2. The van der Waals surface area contributed by atoms with Gasteiger partial charge in [-0.15, -0.1) is 11.3 Å². The molecule has 6 aromatic carbocycles. The molecule has 0 unspecified atom stereocenters. The highest BCUT2D eigenvalue weighted by molar-refractivity contribution is 7.26. The van der Waals surface area contributed by atoms with Crippen molar-refractivity contribution >= 4 is 93.2 Å². The van der Waals surface area contributed by atoms with Gasteiger partial charge >= 0.3 is 6.85 Å². The van der Waals surface area contributed by atoms with Gasteiger partial charge in [-0.3, -0.25) is 4.57 Å². The number of aromatic nitrogens is 2. The lowest BCUT2D eigenvalue weighted by Gasteiger charge is -2.36. The minimum Gasteiger partial charge on any atom is -0.454 e. The summed E-state index contributed by atoms with van der Waals surface area (Å²) in [5.74, 6) is 0. The lowest BCUT2D eigenvalue weighted by atomic mass is 9.45. The molecule has 2 aliphatic heterocycles. The van der Waals surface area contributed by atoms with Crippen molar-refractivity contribution in [3.63, 3.8) is 0 Å². The van der Waals surface area contributed by atoms with Gasteiger partial charge in [-0.1, -0.05) is 111 Å². The second kappa shape index (κ2) is 7.78. The summed E-state index contributed by atoms with van der Waals surface area (Å²) >= 11 is 1.90. The number of rotatable bonds is 0. The van der Waals surface area contributed by atoms with Gasteiger partial charge in [-0.05, 0) is 45.8 Å². The molecule has 0 atom stereocenters. The molecule has 0 radical (unpaired) electrons. The summed E-state index contributed by atoms with van der Waals surface area (Å²) in [7, 11) is 0. The van der Waals surface area contributed by atoms with Crippen molar-refractivity contribution < 1.29 is 4.42 Å². The number of furan rings is 1. The van der Waals surface area contributed by atoms with Crippen LogP contribution < -0.4 is 10.9 Å². The molecular formula is C43H25BN2OS. The van der Waals surface area contributed by atoms with Crippen LogP contribution in [-0.2, 0) is 5.41 Å². The molecular weight excluding hydrogens is 603 g/mol. The van der Waals surface area contributed by atoms with Crippen LogP contribution in [0, 0.1) is 0 Å². The van der Waals surface area contributed by atoms with Gasteiger partial charge < -0.3 is 8.90 Å². The van der Waals surface area contributed by atoms with Crippen molar-refractivity contribution in [2.75, 3.05) is 0 Å². The Morgan fingerprint density at radius 1 is 0.667 bits per heavy atom. The van der Waals surface area contributed by atoms with Crippen LogP contribution in [0.3, 0.4) is 0 Å². The van der Waals surface area contributed by atoms with E-state index in [9.17, 15) is 0 Å². The molecule has 1 aliphatic carbocycles. The first-order chi connectivity index (χ1) is 23.6. The maximum absolute atomic E-state index is 6.96. The number of fused-ring (bicyclic) bond motifs is 18. The Hall–Kier alpha value is -5.52. The normalized spacial score (nSPS) is 15.0. The second-order valence-electron chi connectivity index (χ2n) is 14.4. The summed E-state index contributed by atoms with van der Waals surface area (Å²) in [6.45, 7) is 4.86. The molecule has 0 saturated carbocycles. The van der Waals surface area contributed by atoms with Crippen LogP contribution in [0.4, 0.5) is 0 Å². The van der Waals surface area contributed by atoms with E-state index >= 15 is 0 Å².